The van der Waals surface area contributed by atoms with Gasteiger partial charge < -0.3 is 4.84 Å². The molecule has 0 aromatic carbocycles. The van der Waals surface area contributed by atoms with Crippen molar-refractivity contribution in [1.82, 2.24) is 9.71 Å². The van der Waals surface area contributed by atoms with Crippen LogP contribution in [0.2, 0.25) is 0 Å². The first-order valence-corrected chi connectivity index (χ1v) is 6.32. The fourth-order valence-corrected chi connectivity index (χ4v) is 1.96. The maximum atomic E-state index is 11.8. The van der Waals surface area contributed by atoms with Crippen molar-refractivity contribution in [2.24, 2.45) is 5.41 Å². The standard InChI is InChI=1S/C12H13IN2O2/c1-12(2,3)11(16)17-15-7-8(13)10-9(15)5-4-6-14-10/h4-7H,1-3H3. The third kappa shape index (κ3) is 2.43. The molecule has 0 unspecified atom stereocenters. The van der Waals surface area contributed by atoms with Crippen LogP contribution in [0.25, 0.3) is 11.0 Å². The summed E-state index contributed by atoms with van der Waals surface area (Å²) >= 11 is 2.17. The van der Waals surface area contributed by atoms with E-state index in [9.17, 15) is 4.79 Å². The number of hydrogen-bond donors (Lipinski definition) is 0. The van der Waals surface area contributed by atoms with E-state index < -0.39 is 5.41 Å². The lowest BCUT2D eigenvalue weighted by molar-refractivity contribution is -0.152. The van der Waals surface area contributed by atoms with Crippen LogP contribution >= 0.6 is 22.6 Å². The summed E-state index contributed by atoms with van der Waals surface area (Å²) in [6.45, 7) is 5.47. The number of pyridine rings is 1. The summed E-state index contributed by atoms with van der Waals surface area (Å²) in [6, 6.07) is 3.69. The van der Waals surface area contributed by atoms with Gasteiger partial charge in [-0.15, -0.1) is 0 Å². The maximum absolute atomic E-state index is 11.8. The van der Waals surface area contributed by atoms with Crippen LogP contribution in [0.1, 0.15) is 20.8 Å². The Labute approximate surface area is 113 Å². The zero-order valence-electron chi connectivity index (χ0n) is 9.90. The lowest BCUT2D eigenvalue weighted by Crippen LogP contribution is -2.30. The Morgan fingerprint density at radius 3 is 2.82 bits per heavy atom. The van der Waals surface area contributed by atoms with Crippen LogP contribution in [0.4, 0.5) is 0 Å². The van der Waals surface area contributed by atoms with E-state index in [1.54, 1.807) is 12.4 Å². The van der Waals surface area contributed by atoms with Gasteiger partial charge in [-0.1, -0.05) is 0 Å². The molecule has 0 amide bonds. The summed E-state index contributed by atoms with van der Waals surface area (Å²) < 4.78 is 2.44. The fourth-order valence-electron chi connectivity index (χ4n) is 1.29. The van der Waals surface area contributed by atoms with Gasteiger partial charge in [-0.05, 0) is 55.5 Å². The summed E-state index contributed by atoms with van der Waals surface area (Å²) in [7, 11) is 0. The zero-order chi connectivity index (χ0) is 12.6. The van der Waals surface area contributed by atoms with Crippen LogP contribution < -0.4 is 4.84 Å². The van der Waals surface area contributed by atoms with Crippen molar-refractivity contribution < 1.29 is 9.63 Å². The number of carbonyl (C=O) groups excluding carboxylic acids is 1. The third-order valence-corrected chi connectivity index (χ3v) is 3.06. The van der Waals surface area contributed by atoms with E-state index in [-0.39, 0.29) is 5.97 Å². The molecule has 0 atom stereocenters. The molecule has 0 aliphatic heterocycles. The summed E-state index contributed by atoms with van der Waals surface area (Å²) in [4.78, 5) is 21.4. The molecule has 0 N–H and O–H groups in total. The molecule has 0 aliphatic rings. The topological polar surface area (TPSA) is 44.1 Å². The smallest absolute Gasteiger partial charge is 0.336 e. The quantitative estimate of drug-likeness (QED) is 0.747. The van der Waals surface area contributed by atoms with Gasteiger partial charge in [0.1, 0.15) is 11.0 Å². The van der Waals surface area contributed by atoms with Gasteiger partial charge in [0, 0.05) is 6.20 Å². The number of aromatic nitrogens is 2. The van der Waals surface area contributed by atoms with Crippen molar-refractivity contribution in [3.05, 3.63) is 28.1 Å². The van der Waals surface area contributed by atoms with Crippen molar-refractivity contribution >= 4 is 39.6 Å². The molecule has 2 aromatic rings. The molecular formula is C12H13IN2O2. The predicted molar refractivity (Wildman–Crippen MR) is 73.5 cm³/mol. The highest BCUT2D eigenvalue weighted by atomic mass is 127. The largest absolute Gasteiger partial charge is 0.338 e. The SMILES string of the molecule is CC(C)(C)C(=O)On1cc(I)c2ncccc21. The molecule has 0 saturated carbocycles. The fraction of sp³-hybridized carbons (Fsp3) is 0.333. The van der Waals surface area contributed by atoms with Crippen molar-refractivity contribution in [2.45, 2.75) is 20.8 Å². The zero-order valence-corrected chi connectivity index (χ0v) is 12.1. The van der Waals surface area contributed by atoms with Crippen LogP contribution in [0, 0.1) is 8.99 Å². The Hall–Kier alpha value is -1.11. The van der Waals surface area contributed by atoms with Crippen LogP contribution in [-0.4, -0.2) is 15.7 Å². The van der Waals surface area contributed by atoms with Gasteiger partial charge in [0.05, 0.1) is 15.2 Å². The number of nitrogens with zero attached hydrogens (tertiary/aromatic N) is 2. The Morgan fingerprint density at radius 1 is 1.47 bits per heavy atom. The van der Waals surface area contributed by atoms with Crippen molar-refractivity contribution in [3.8, 4) is 0 Å². The minimum Gasteiger partial charge on any atom is -0.336 e. The highest BCUT2D eigenvalue weighted by Crippen LogP contribution is 2.21. The maximum Gasteiger partial charge on any atom is 0.338 e. The monoisotopic (exact) mass is 344 g/mol. The first kappa shape index (κ1) is 12.3. The average molecular weight is 344 g/mol. The summed E-state index contributed by atoms with van der Waals surface area (Å²) in [5.41, 5.74) is 1.12. The van der Waals surface area contributed by atoms with Gasteiger partial charge >= 0.3 is 5.97 Å². The molecule has 0 aliphatic carbocycles. The Bertz CT molecular complexity index is 569. The van der Waals surface area contributed by atoms with E-state index in [1.807, 2.05) is 32.9 Å². The number of fused-ring (bicyclic) bond motifs is 1. The second-order valence-corrected chi connectivity index (χ2v) is 5.96. The molecule has 2 rings (SSSR count). The van der Waals surface area contributed by atoms with Gasteiger partial charge in [0.25, 0.3) is 0 Å². The predicted octanol–water partition coefficient (Wildman–Crippen LogP) is 2.64. The number of hydrogen-bond acceptors (Lipinski definition) is 3. The summed E-state index contributed by atoms with van der Waals surface area (Å²) in [5.74, 6) is -0.269. The van der Waals surface area contributed by atoms with E-state index in [0.29, 0.717) is 0 Å². The molecule has 5 heteroatoms. The van der Waals surface area contributed by atoms with Crippen LogP contribution in [0.15, 0.2) is 24.5 Å². The molecule has 0 radical (unpaired) electrons. The molecule has 4 nitrogen and oxygen atoms in total. The van der Waals surface area contributed by atoms with E-state index in [4.69, 9.17) is 4.84 Å². The molecule has 0 spiro atoms. The van der Waals surface area contributed by atoms with E-state index in [1.165, 1.54) is 4.73 Å². The lowest BCUT2D eigenvalue weighted by atomic mass is 9.98. The molecule has 0 bridgehead atoms. The number of halogens is 1. The van der Waals surface area contributed by atoms with Gasteiger partial charge in [0.2, 0.25) is 0 Å². The van der Waals surface area contributed by atoms with E-state index in [2.05, 4.69) is 27.6 Å². The number of carbonyl (C=O) groups is 1. The van der Waals surface area contributed by atoms with Gasteiger partial charge in [-0.3, -0.25) is 4.98 Å². The Kier molecular flexibility index (Phi) is 3.11. The molecule has 2 aromatic heterocycles. The van der Waals surface area contributed by atoms with Crippen molar-refractivity contribution in [1.29, 1.82) is 0 Å². The Morgan fingerprint density at radius 2 is 2.18 bits per heavy atom. The van der Waals surface area contributed by atoms with Crippen LogP contribution in [-0.2, 0) is 4.79 Å². The molecule has 90 valence electrons. The second kappa shape index (κ2) is 4.29. The van der Waals surface area contributed by atoms with Gasteiger partial charge in [0.15, 0.2) is 0 Å². The van der Waals surface area contributed by atoms with Crippen LogP contribution in [0.5, 0.6) is 0 Å². The van der Waals surface area contributed by atoms with Crippen LogP contribution in [0.3, 0.4) is 0 Å². The summed E-state index contributed by atoms with van der Waals surface area (Å²) in [6.07, 6.45) is 3.49. The summed E-state index contributed by atoms with van der Waals surface area (Å²) in [5, 5.41) is 0. The van der Waals surface area contributed by atoms with Gasteiger partial charge in [-0.2, -0.15) is 4.73 Å². The second-order valence-electron chi connectivity index (χ2n) is 4.80. The molecule has 17 heavy (non-hydrogen) atoms. The van der Waals surface area contributed by atoms with E-state index in [0.717, 1.165) is 14.6 Å². The average Bonchev–Trinajstić information content (AvgIpc) is 2.56. The molecule has 0 fully saturated rings. The Balaban J connectivity index is 2.41. The molecule has 2 heterocycles. The van der Waals surface area contributed by atoms with Gasteiger partial charge in [-0.25, -0.2) is 4.79 Å². The normalized spacial score (nSPS) is 11.8. The minimum absolute atomic E-state index is 0.269. The highest BCUT2D eigenvalue weighted by molar-refractivity contribution is 14.1. The lowest BCUT2D eigenvalue weighted by Gasteiger charge is -2.16. The third-order valence-electron chi connectivity index (χ3n) is 2.27. The van der Waals surface area contributed by atoms with Crippen molar-refractivity contribution in [2.75, 3.05) is 0 Å². The van der Waals surface area contributed by atoms with E-state index >= 15 is 0 Å². The number of rotatable bonds is 1. The molecular weight excluding hydrogens is 331 g/mol. The first-order chi connectivity index (χ1) is 7.89. The highest BCUT2D eigenvalue weighted by Gasteiger charge is 2.25. The van der Waals surface area contributed by atoms with Crippen molar-refractivity contribution in [3.63, 3.8) is 0 Å². The first-order valence-electron chi connectivity index (χ1n) is 5.24. The minimum atomic E-state index is -0.524. The molecule has 0 saturated heterocycles.